The third kappa shape index (κ3) is 7.44. The molecular weight excluding hydrogens is 382 g/mol. The number of nitrogens with one attached hydrogen (secondary N) is 2. The molecule has 30 heavy (non-hydrogen) atoms. The number of carbonyl (C=O) groups excluding carboxylic acids is 3. The van der Waals surface area contributed by atoms with Crippen molar-refractivity contribution in [2.75, 3.05) is 38.6 Å². The molecule has 1 aromatic rings. The number of unbranched alkanes of at least 4 members (excludes halogenated alkanes) is 3. The highest BCUT2D eigenvalue weighted by Crippen LogP contribution is 2.19. The fourth-order valence-corrected chi connectivity index (χ4v) is 3.72. The average Bonchev–Trinajstić information content (AvgIpc) is 2.74. The van der Waals surface area contributed by atoms with E-state index >= 15 is 0 Å². The van der Waals surface area contributed by atoms with E-state index in [4.69, 9.17) is 4.74 Å². The summed E-state index contributed by atoms with van der Waals surface area (Å²) in [5, 5.41) is 5.93. The van der Waals surface area contributed by atoms with Gasteiger partial charge in [-0.15, -0.1) is 0 Å². The van der Waals surface area contributed by atoms with E-state index in [1.165, 1.54) is 20.0 Å². The molecule has 0 spiro atoms. The van der Waals surface area contributed by atoms with Gasteiger partial charge < -0.3 is 15.4 Å². The van der Waals surface area contributed by atoms with Crippen molar-refractivity contribution in [2.24, 2.45) is 5.92 Å². The molecular formula is C23H35N3O4. The number of hydrogen-bond donors (Lipinski definition) is 2. The maximum atomic E-state index is 12.6. The number of likely N-dealkylation sites (tertiary alicyclic amines) is 1. The average molecular weight is 418 g/mol. The fourth-order valence-electron chi connectivity index (χ4n) is 3.72. The maximum Gasteiger partial charge on any atom is 0.337 e. The van der Waals surface area contributed by atoms with Gasteiger partial charge in [0.2, 0.25) is 11.8 Å². The number of anilines is 1. The van der Waals surface area contributed by atoms with Gasteiger partial charge in [0.15, 0.2) is 0 Å². The number of piperidine rings is 1. The third-order valence-corrected chi connectivity index (χ3v) is 5.51. The number of benzene rings is 1. The Labute approximate surface area is 179 Å². The number of esters is 1. The van der Waals surface area contributed by atoms with Gasteiger partial charge in [0.25, 0.3) is 0 Å². The van der Waals surface area contributed by atoms with Crippen molar-refractivity contribution >= 4 is 23.5 Å². The molecule has 0 aromatic heterocycles. The molecule has 1 aliphatic heterocycles. The third-order valence-electron chi connectivity index (χ3n) is 5.51. The van der Waals surface area contributed by atoms with Crippen LogP contribution in [0.5, 0.6) is 0 Å². The number of carbonyl (C=O) groups is 3. The van der Waals surface area contributed by atoms with Crippen LogP contribution in [0.4, 0.5) is 5.69 Å². The van der Waals surface area contributed by atoms with Crippen molar-refractivity contribution in [2.45, 2.75) is 52.4 Å². The van der Waals surface area contributed by atoms with E-state index in [0.29, 0.717) is 17.8 Å². The normalized spacial score (nSPS) is 16.7. The molecule has 1 aromatic carbocycles. The van der Waals surface area contributed by atoms with Crippen molar-refractivity contribution in [3.05, 3.63) is 29.3 Å². The highest BCUT2D eigenvalue weighted by Gasteiger charge is 2.26. The second-order valence-corrected chi connectivity index (χ2v) is 8.00. The number of hydrogen-bond acceptors (Lipinski definition) is 5. The Morgan fingerprint density at radius 1 is 1.20 bits per heavy atom. The summed E-state index contributed by atoms with van der Waals surface area (Å²) in [5.74, 6) is -0.564. The zero-order valence-corrected chi connectivity index (χ0v) is 18.5. The van der Waals surface area contributed by atoms with E-state index in [9.17, 15) is 14.4 Å². The summed E-state index contributed by atoms with van der Waals surface area (Å²) in [5.41, 5.74) is 1.86. The molecule has 0 saturated carbocycles. The number of aryl methyl sites for hydroxylation is 1. The molecule has 0 aliphatic carbocycles. The van der Waals surface area contributed by atoms with Crippen LogP contribution >= 0.6 is 0 Å². The molecule has 1 aliphatic rings. The zero-order chi connectivity index (χ0) is 21.9. The molecule has 2 rings (SSSR count). The lowest BCUT2D eigenvalue weighted by molar-refractivity contribution is -0.128. The number of ether oxygens (including phenoxy) is 1. The molecule has 0 radical (unpaired) electrons. The second-order valence-electron chi connectivity index (χ2n) is 8.00. The highest BCUT2D eigenvalue weighted by atomic mass is 16.5. The summed E-state index contributed by atoms with van der Waals surface area (Å²) >= 11 is 0. The largest absolute Gasteiger partial charge is 0.465 e. The lowest BCUT2D eigenvalue weighted by atomic mass is 9.97. The Balaban J connectivity index is 1.84. The second kappa shape index (κ2) is 12.3. The minimum absolute atomic E-state index is 0.0675. The number of amides is 2. The molecule has 0 bridgehead atoms. The molecule has 1 unspecified atom stereocenters. The molecule has 2 N–H and O–H groups in total. The van der Waals surface area contributed by atoms with Gasteiger partial charge in [0.1, 0.15) is 0 Å². The van der Waals surface area contributed by atoms with E-state index in [-0.39, 0.29) is 24.3 Å². The number of rotatable bonds is 10. The van der Waals surface area contributed by atoms with E-state index in [2.05, 4.69) is 17.6 Å². The van der Waals surface area contributed by atoms with Gasteiger partial charge in [-0.3, -0.25) is 14.5 Å². The van der Waals surface area contributed by atoms with E-state index in [0.717, 1.165) is 44.3 Å². The highest BCUT2D eigenvalue weighted by molar-refractivity contribution is 5.96. The van der Waals surface area contributed by atoms with Crippen LogP contribution in [0.2, 0.25) is 0 Å². The van der Waals surface area contributed by atoms with Gasteiger partial charge in [0, 0.05) is 18.8 Å². The van der Waals surface area contributed by atoms with Crippen molar-refractivity contribution in [1.82, 2.24) is 10.2 Å². The summed E-state index contributed by atoms with van der Waals surface area (Å²) in [6.45, 7) is 6.39. The lowest BCUT2D eigenvalue weighted by Crippen LogP contribution is -2.45. The van der Waals surface area contributed by atoms with Crippen LogP contribution in [0.1, 0.15) is 61.4 Å². The molecule has 7 heteroatoms. The van der Waals surface area contributed by atoms with Crippen molar-refractivity contribution in [3.8, 4) is 0 Å². The van der Waals surface area contributed by atoms with Crippen LogP contribution < -0.4 is 10.6 Å². The van der Waals surface area contributed by atoms with Crippen LogP contribution in [0, 0.1) is 12.8 Å². The zero-order valence-electron chi connectivity index (χ0n) is 18.5. The monoisotopic (exact) mass is 417 g/mol. The topological polar surface area (TPSA) is 87.7 Å². The predicted octanol–water partition coefficient (Wildman–Crippen LogP) is 3.13. The standard InChI is InChI=1S/C23H35N3O4/c1-4-5-6-7-12-24-22(28)19-9-8-13-26(15-19)16-21(27)25-20-14-18(23(29)30-3)11-10-17(20)2/h10-11,14,19H,4-9,12-13,15-16H2,1-3H3,(H,24,28)(H,25,27). The first-order valence-corrected chi connectivity index (χ1v) is 10.9. The quantitative estimate of drug-likeness (QED) is 0.451. The Morgan fingerprint density at radius 3 is 2.73 bits per heavy atom. The molecule has 166 valence electrons. The Bertz CT molecular complexity index is 735. The summed E-state index contributed by atoms with van der Waals surface area (Å²) < 4.78 is 4.74. The number of methoxy groups -OCH3 is 1. The minimum Gasteiger partial charge on any atom is -0.465 e. The van der Waals surface area contributed by atoms with Crippen molar-refractivity contribution in [1.29, 1.82) is 0 Å². The first-order chi connectivity index (χ1) is 14.4. The van der Waals surface area contributed by atoms with Gasteiger partial charge in [0.05, 0.1) is 25.1 Å². The van der Waals surface area contributed by atoms with Gasteiger partial charge in [-0.05, 0) is 50.4 Å². The summed E-state index contributed by atoms with van der Waals surface area (Å²) in [4.78, 5) is 38.8. The number of nitrogens with zero attached hydrogens (tertiary/aromatic N) is 1. The first-order valence-electron chi connectivity index (χ1n) is 10.9. The van der Waals surface area contributed by atoms with Gasteiger partial charge in [-0.25, -0.2) is 4.79 Å². The first kappa shape index (κ1) is 23.9. The minimum atomic E-state index is -0.440. The van der Waals surface area contributed by atoms with Crippen molar-refractivity contribution < 1.29 is 19.1 Å². The Morgan fingerprint density at radius 2 is 2.00 bits per heavy atom. The van der Waals surface area contributed by atoms with E-state index in [1.54, 1.807) is 18.2 Å². The molecule has 1 atom stereocenters. The smallest absolute Gasteiger partial charge is 0.337 e. The molecule has 1 heterocycles. The Hall–Kier alpha value is -2.41. The maximum absolute atomic E-state index is 12.6. The summed E-state index contributed by atoms with van der Waals surface area (Å²) in [6, 6.07) is 5.08. The van der Waals surface area contributed by atoms with Gasteiger partial charge in [-0.1, -0.05) is 32.3 Å². The van der Waals surface area contributed by atoms with Crippen molar-refractivity contribution in [3.63, 3.8) is 0 Å². The lowest BCUT2D eigenvalue weighted by Gasteiger charge is -2.31. The molecule has 7 nitrogen and oxygen atoms in total. The predicted molar refractivity (Wildman–Crippen MR) is 117 cm³/mol. The van der Waals surface area contributed by atoms with E-state index in [1.807, 2.05) is 11.8 Å². The molecule has 1 fully saturated rings. The van der Waals surface area contributed by atoms with Crippen LogP contribution in [-0.4, -0.2) is 56.0 Å². The fraction of sp³-hybridized carbons (Fsp3) is 0.609. The van der Waals surface area contributed by atoms with Crippen LogP contribution in [0.25, 0.3) is 0 Å². The summed E-state index contributed by atoms with van der Waals surface area (Å²) in [6.07, 6.45) is 6.30. The summed E-state index contributed by atoms with van der Waals surface area (Å²) in [7, 11) is 1.33. The van der Waals surface area contributed by atoms with Crippen LogP contribution in [0.3, 0.4) is 0 Å². The molecule has 2 amide bonds. The van der Waals surface area contributed by atoms with Gasteiger partial charge in [-0.2, -0.15) is 0 Å². The Kier molecular flexibility index (Phi) is 9.80. The van der Waals surface area contributed by atoms with Crippen LogP contribution in [0.15, 0.2) is 18.2 Å². The van der Waals surface area contributed by atoms with Gasteiger partial charge >= 0.3 is 5.97 Å². The molecule has 1 saturated heterocycles. The van der Waals surface area contributed by atoms with E-state index < -0.39 is 5.97 Å². The SMILES string of the molecule is CCCCCCNC(=O)C1CCCN(CC(=O)Nc2cc(C(=O)OC)ccc2C)C1. The van der Waals surface area contributed by atoms with Crippen LogP contribution in [-0.2, 0) is 14.3 Å².